The van der Waals surface area contributed by atoms with Gasteiger partial charge < -0.3 is 4.90 Å². The highest BCUT2D eigenvalue weighted by molar-refractivity contribution is 5.91. The molecular weight excluding hydrogens is 356 g/mol. The molecule has 29 heavy (non-hydrogen) atoms. The molecule has 0 spiro atoms. The van der Waals surface area contributed by atoms with Crippen LogP contribution in [0.2, 0.25) is 0 Å². The summed E-state index contributed by atoms with van der Waals surface area (Å²) in [6, 6.07) is 8.28. The average Bonchev–Trinajstić information content (AvgIpc) is 3.16. The lowest BCUT2D eigenvalue weighted by Crippen LogP contribution is -2.23. The monoisotopic (exact) mass is 394 g/mol. The summed E-state index contributed by atoms with van der Waals surface area (Å²) >= 11 is 0. The first-order chi connectivity index (χ1) is 14.2. The average molecular weight is 395 g/mol. The van der Waals surface area contributed by atoms with Crippen molar-refractivity contribution in [3.63, 3.8) is 0 Å². The topological polar surface area (TPSA) is 34.0 Å². The Bertz CT molecular complexity index is 825. The Hall–Kier alpha value is -2.88. The lowest BCUT2D eigenvalue weighted by Gasteiger charge is -2.27. The number of hydrogen-bond donors (Lipinski definition) is 0. The molecule has 1 aromatic carbocycles. The van der Waals surface area contributed by atoms with E-state index in [1.54, 1.807) is 6.08 Å². The zero-order valence-electron chi connectivity index (χ0n) is 19.5. The van der Waals surface area contributed by atoms with Gasteiger partial charge in [0, 0.05) is 37.5 Å². The summed E-state index contributed by atoms with van der Waals surface area (Å²) in [5.74, 6) is 0. The third kappa shape index (κ3) is 6.05. The fourth-order valence-electron chi connectivity index (χ4n) is 3.01. The summed E-state index contributed by atoms with van der Waals surface area (Å²) in [5.41, 5.74) is 6.34. The molecule has 2 aromatic rings. The van der Waals surface area contributed by atoms with Gasteiger partial charge >= 0.3 is 0 Å². The van der Waals surface area contributed by atoms with Crippen molar-refractivity contribution in [2.24, 2.45) is 7.05 Å². The van der Waals surface area contributed by atoms with Crippen LogP contribution in [0.25, 0.3) is 16.8 Å². The van der Waals surface area contributed by atoms with Gasteiger partial charge in [-0.1, -0.05) is 102 Å². The highest BCUT2D eigenvalue weighted by Gasteiger charge is 2.25. The molecule has 0 saturated heterocycles. The molecule has 1 aliphatic rings. The number of nitrogens with zero attached hydrogens (tertiary/aromatic N) is 4. The number of fused-ring (bicyclic) bond motifs is 3. The van der Waals surface area contributed by atoms with E-state index in [1.807, 2.05) is 83.6 Å². The van der Waals surface area contributed by atoms with Crippen LogP contribution >= 0.6 is 0 Å². The van der Waals surface area contributed by atoms with Crippen LogP contribution in [0, 0.1) is 0 Å². The molecule has 4 nitrogen and oxygen atoms in total. The van der Waals surface area contributed by atoms with Crippen molar-refractivity contribution in [1.82, 2.24) is 15.0 Å². The van der Waals surface area contributed by atoms with Crippen molar-refractivity contribution in [2.45, 2.75) is 41.5 Å². The third-order valence-corrected chi connectivity index (χ3v) is 4.01. The first-order valence-electron chi connectivity index (χ1n) is 10.5. The second-order valence-electron chi connectivity index (χ2n) is 5.53. The predicted octanol–water partition coefficient (Wildman–Crippen LogP) is 6.69. The minimum Gasteiger partial charge on any atom is -0.370 e. The van der Waals surface area contributed by atoms with Gasteiger partial charge in [0.1, 0.15) is 5.69 Å². The lowest BCUT2D eigenvalue weighted by molar-refractivity contribution is 0.707. The van der Waals surface area contributed by atoms with Gasteiger partial charge in [0.2, 0.25) is 0 Å². The van der Waals surface area contributed by atoms with E-state index in [4.69, 9.17) is 0 Å². The number of aryl methyl sites for hydroxylation is 1. The molecule has 0 aliphatic carbocycles. The smallest absolute Gasteiger partial charge is 0.123 e. The van der Waals surface area contributed by atoms with Crippen LogP contribution in [0.4, 0.5) is 5.69 Å². The van der Waals surface area contributed by atoms with Crippen molar-refractivity contribution in [3.05, 3.63) is 73.0 Å². The molecule has 0 bridgehead atoms. The molecule has 0 unspecified atom stereocenters. The number of allylic oxidation sites excluding steroid dienone is 4. The van der Waals surface area contributed by atoms with Crippen molar-refractivity contribution in [2.75, 3.05) is 18.5 Å². The Morgan fingerprint density at radius 1 is 0.897 bits per heavy atom. The highest BCUT2D eigenvalue weighted by atomic mass is 15.4. The zero-order chi connectivity index (χ0) is 22.4. The van der Waals surface area contributed by atoms with E-state index in [9.17, 15) is 0 Å². The Morgan fingerprint density at radius 3 is 2.07 bits per heavy atom. The number of rotatable bonds is 2. The number of likely N-dealkylation sites (N-methyl/N-ethyl adjacent to an activating group) is 1. The second-order valence-corrected chi connectivity index (χ2v) is 5.53. The molecule has 3 rings (SSSR count). The number of anilines is 1. The summed E-state index contributed by atoms with van der Waals surface area (Å²) in [5, 5.41) is 8.67. The van der Waals surface area contributed by atoms with Gasteiger partial charge in [-0.05, 0) is 11.6 Å². The minimum absolute atomic E-state index is 0.771. The van der Waals surface area contributed by atoms with Crippen LogP contribution in [0.15, 0.2) is 67.3 Å². The Morgan fingerprint density at radius 2 is 1.48 bits per heavy atom. The molecule has 0 N–H and O–H groups in total. The van der Waals surface area contributed by atoms with Gasteiger partial charge in [-0.3, -0.25) is 0 Å². The molecule has 158 valence electrons. The van der Waals surface area contributed by atoms with Gasteiger partial charge in [0.25, 0.3) is 0 Å². The molecule has 0 saturated carbocycles. The Kier molecular flexibility index (Phi) is 12.8. The number of aromatic nitrogens is 3. The first-order valence-corrected chi connectivity index (χ1v) is 10.5. The van der Waals surface area contributed by atoms with Crippen LogP contribution in [0.3, 0.4) is 0 Å². The quantitative estimate of drug-likeness (QED) is 0.569. The number of hydrogen-bond acceptors (Lipinski definition) is 3. The standard InChI is InChI=1S/C19H20N4.3C2H6/c1-5-9-14-13-22(3)17-12-8-7-11-16(17)18-19(15(14)10-6-2)23(4)21-20-18;3*1-2/h5-12H,1-2,13H2,3-4H3;3*1-2H3/b14-9-,15-10+;;;. The van der Waals surface area contributed by atoms with E-state index in [0.29, 0.717) is 0 Å². The third-order valence-electron chi connectivity index (χ3n) is 4.01. The fourth-order valence-corrected chi connectivity index (χ4v) is 3.01. The van der Waals surface area contributed by atoms with Crippen LogP contribution in [0.1, 0.15) is 47.2 Å². The van der Waals surface area contributed by atoms with Crippen LogP contribution in [0.5, 0.6) is 0 Å². The van der Waals surface area contributed by atoms with Gasteiger partial charge in [-0.15, -0.1) is 5.10 Å². The largest absolute Gasteiger partial charge is 0.370 e. The van der Waals surface area contributed by atoms with E-state index in [1.165, 1.54) is 0 Å². The zero-order valence-corrected chi connectivity index (χ0v) is 19.5. The molecule has 0 fully saturated rings. The molecule has 1 aliphatic heterocycles. The van der Waals surface area contributed by atoms with E-state index in [2.05, 4.69) is 47.6 Å². The molecule has 0 atom stereocenters. The summed E-state index contributed by atoms with van der Waals surface area (Å²) in [6.07, 6.45) is 7.67. The summed E-state index contributed by atoms with van der Waals surface area (Å²) in [6.45, 7) is 20.5. The van der Waals surface area contributed by atoms with E-state index in [0.717, 1.165) is 40.3 Å². The molecule has 0 amide bonds. The molecule has 0 radical (unpaired) electrons. The Labute approximate surface area is 178 Å². The summed E-state index contributed by atoms with van der Waals surface area (Å²) in [7, 11) is 4.00. The van der Waals surface area contributed by atoms with Gasteiger partial charge in [-0.25, -0.2) is 4.68 Å². The Balaban J connectivity index is 0.00000120. The van der Waals surface area contributed by atoms with Crippen molar-refractivity contribution in [3.8, 4) is 11.3 Å². The van der Waals surface area contributed by atoms with Crippen LogP contribution in [-0.4, -0.2) is 28.6 Å². The van der Waals surface area contributed by atoms with Crippen LogP contribution < -0.4 is 4.90 Å². The maximum absolute atomic E-state index is 4.42. The normalized spacial score (nSPS) is 14.4. The minimum atomic E-state index is 0.771. The summed E-state index contributed by atoms with van der Waals surface area (Å²) in [4.78, 5) is 2.22. The fraction of sp³-hybridized carbons (Fsp3) is 0.360. The molecule has 2 heterocycles. The maximum atomic E-state index is 4.42. The SMILES string of the molecule is C=C/C=C1/CN(C)c2ccccc2-c2nnn(C)c2/C1=C/C=C.CC.CC.CC. The molecule has 4 heteroatoms. The van der Waals surface area contributed by atoms with E-state index < -0.39 is 0 Å². The van der Waals surface area contributed by atoms with E-state index in [-0.39, 0.29) is 0 Å². The van der Waals surface area contributed by atoms with E-state index >= 15 is 0 Å². The van der Waals surface area contributed by atoms with Crippen molar-refractivity contribution < 1.29 is 0 Å². The van der Waals surface area contributed by atoms with Gasteiger partial charge in [-0.2, -0.15) is 0 Å². The highest BCUT2D eigenvalue weighted by Crippen LogP contribution is 2.39. The van der Waals surface area contributed by atoms with Crippen molar-refractivity contribution in [1.29, 1.82) is 0 Å². The molecule has 1 aromatic heterocycles. The predicted molar refractivity (Wildman–Crippen MR) is 130 cm³/mol. The van der Waals surface area contributed by atoms with Gasteiger partial charge in [0.15, 0.2) is 0 Å². The number of benzene rings is 1. The maximum Gasteiger partial charge on any atom is 0.123 e. The van der Waals surface area contributed by atoms with Crippen LogP contribution in [-0.2, 0) is 7.05 Å². The first kappa shape index (κ1) is 26.1. The second kappa shape index (κ2) is 14.2. The van der Waals surface area contributed by atoms with Crippen molar-refractivity contribution >= 4 is 11.3 Å². The summed E-state index contributed by atoms with van der Waals surface area (Å²) < 4.78 is 1.82. The van der Waals surface area contributed by atoms with Gasteiger partial charge in [0.05, 0.1) is 5.69 Å². The lowest BCUT2D eigenvalue weighted by atomic mass is 9.93. The molecular formula is C25H38N4. The number of para-hydroxylation sites is 1.